The minimum absolute atomic E-state index is 0.0628. The molecule has 0 spiro atoms. The molecule has 108 valence electrons. The molecule has 4 nitrogen and oxygen atoms in total. The summed E-state index contributed by atoms with van der Waals surface area (Å²) in [6.45, 7) is 4.51. The van der Waals surface area contributed by atoms with E-state index in [9.17, 15) is 9.59 Å². The van der Waals surface area contributed by atoms with E-state index < -0.39 is 11.9 Å². The molecule has 0 rings (SSSR count). The van der Waals surface area contributed by atoms with Gasteiger partial charge in [0.05, 0.1) is 0 Å². The van der Waals surface area contributed by atoms with Crippen LogP contribution < -0.4 is 0 Å². The second-order valence-electron chi connectivity index (χ2n) is 4.41. The van der Waals surface area contributed by atoms with Gasteiger partial charge in [0.15, 0.2) is 0 Å². The first kappa shape index (κ1) is 19.3. The monoisotopic (exact) mass is 260 g/mol. The van der Waals surface area contributed by atoms with Crippen LogP contribution in [0.25, 0.3) is 0 Å². The first-order valence-corrected chi connectivity index (χ1v) is 6.98. The molecule has 0 amide bonds. The van der Waals surface area contributed by atoms with Crippen molar-refractivity contribution in [2.24, 2.45) is 0 Å². The zero-order valence-electron chi connectivity index (χ0n) is 11.8. The molecule has 18 heavy (non-hydrogen) atoms. The molecule has 0 aliphatic heterocycles. The Balaban J connectivity index is 0. The average molecular weight is 260 g/mol. The fourth-order valence-electron chi connectivity index (χ4n) is 1.41. The lowest BCUT2D eigenvalue weighted by molar-refractivity contribution is -0.139. The lowest BCUT2D eigenvalue weighted by Gasteiger charge is -1.93. The Morgan fingerprint density at radius 1 is 0.667 bits per heavy atom. The Morgan fingerprint density at radius 3 is 1.22 bits per heavy atom. The van der Waals surface area contributed by atoms with Crippen LogP contribution >= 0.6 is 0 Å². The van der Waals surface area contributed by atoms with Gasteiger partial charge in [-0.05, 0) is 12.8 Å². The quantitative estimate of drug-likeness (QED) is 0.580. The molecule has 0 saturated heterocycles. The van der Waals surface area contributed by atoms with E-state index in [4.69, 9.17) is 10.2 Å². The fourth-order valence-corrected chi connectivity index (χ4v) is 1.41. The lowest BCUT2D eigenvalue weighted by Crippen LogP contribution is -1.97. The third-order valence-corrected chi connectivity index (χ3v) is 2.49. The SMILES string of the molecule is CCCCCCCC.O=C(O)CCCCC(=O)O. The van der Waals surface area contributed by atoms with E-state index in [0.29, 0.717) is 12.8 Å². The lowest BCUT2D eigenvalue weighted by atomic mass is 10.1. The molecule has 0 aromatic rings. The number of rotatable bonds is 10. The molecule has 0 saturated carbocycles. The largest absolute Gasteiger partial charge is 0.481 e. The van der Waals surface area contributed by atoms with Crippen LogP contribution in [-0.4, -0.2) is 22.2 Å². The maximum atomic E-state index is 9.90. The van der Waals surface area contributed by atoms with Crippen molar-refractivity contribution in [1.82, 2.24) is 0 Å². The van der Waals surface area contributed by atoms with E-state index in [2.05, 4.69) is 13.8 Å². The van der Waals surface area contributed by atoms with Gasteiger partial charge in [0, 0.05) is 12.8 Å². The number of carbonyl (C=O) groups is 2. The van der Waals surface area contributed by atoms with E-state index >= 15 is 0 Å². The molecule has 0 unspecified atom stereocenters. The predicted octanol–water partition coefficient (Wildman–Crippen LogP) is 4.08. The normalized spacial score (nSPS) is 9.44. The maximum absolute atomic E-state index is 9.90. The molecule has 2 N–H and O–H groups in total. The number of unbranched alkanes of at least 4 members (excludes halogenated alkanes) is 6. The van der Waals surface area contributed by atoms with Crippen LogP contribution in [0.2, 0.25) is 0 Å². The van der Waals surface area contributed by atoms with Crippen molar-refractivity contribution in [2.75, 3.05) is 0 Å². The minimum atomic E-state index is -0.870. The Labute approximate surface area is 110 Å². The highest BCUT2D eigenvalue weighted by Gasteiger charge is 1.99. The van der Waals surface area contributed by atoms with E-state index in [1.165, 1.54) is 38.5 Å². The molecule has 0 aliphatic carbocycles. The molecule has 0 fully saturated rings. The van der Waals surface area contributed by atoms with Crippen LogP contribution in [-0.2, 0) is 9.59 Å². The van der Waals surface area contributed by atoms with Gasteiger partial charge in [-0.2, -0.15) is 0 Å². The summed E-state index contributed by atoms with van der Waals surface area (Å²) in [6, 6.07) is 0. The summed E-state index contributed by atoms with van der Waals surface area (Å²) in [4.78, 5) is 19.8. The Hall–Kier alpha value is -1.06. The number of carboxylic acid groups (broad SMARTS) is 2. The Bertz CT molecular complexity index is 180. The summed E-state index contributed by atoms with van der Waals surface area (Å²) >= 11 is 0. The Kier molecular flexibility index (Phi) is 17.1. The van der Waals surface area contributed by atoms with Gasteiger partial charge in [0.1, 0.15) is 0 Å². The zero-order chi connectivity index (χ0) is 14.2. The van der Waals surface area contributed by atoms with Crippen molar-refractivity contribution < 1.29 is 19.8 Å². The van der Waals surface area contributed by atoms with Gasteiger partial charge < -0.3 is 10.2 Å². The highest BCUT2D eigenvalue weighted by molar-refractivity contribution is 5.67. The first-order chi connectivity index (χ1) is 8.54. The highest BCUT2D eigenvalue weighted by Crippen LogP contribution is 2.03. The summed E-state index contributed by atoms with van der Waals surface area (Å²) in [5, 5.41) is 16.3. The zero-order valence-corrected chi connectivity index (χ0v) is 11.8. The molecule has 0 bridgehead atoms. The van der Waals surface area contributed by atoms with Crippen molar-refractivity contribution in [3.63, 3.8) is 0 Å². The maximum Gasteiger partial charge on any atom is 0.303 e. The molecule has 0 aliphatic rings. The van der Waals surface area contributed by atoms with Crippen LogP contribution in [0.15, 0.2) is 0 Å². The number of hydrogen-bond donors (Lipinski definition) is 2. The molecule has 0 atom stereocenters. The molecule has 0 aromatic heterocycles. The summed E-state index contributed by atoms with van der Waals surface area (Å²) in [6.07, 6.45) is 9.51. The molecule has 0 radical (unpaired) electrons. The van der Waals surface area contributed by atoms with Crippen molar-refractivity contribution in [2.45, 2.75) is 78.1 Å². The summed E-state index contributed by atoms with van der Waals surface area (Å²) in [7, 11) is 0. The van der Waals surface area contributed by atoms with Crippen LogP contribution in [0.4, 0.5) is 0 Å². The van der Waals surface area contributed by atoms with Gasteiger partial charge in [-0.3, -0.25) is 9.59 Å². The van der Waals surface area contributed by atoms with Crippen molar-refractivity contribution in [1.29, 1.82) is 0 Å². The third-order valence-electron chi connectivity index (χ3n) is 2.49. The van der Waals surface area contributed by atoms with E-state index in [0.717, 1.165) is 0 Å². The van der Waals surface area contributed by atoms with Crippen LogP contribution in [0.5, 0.6) is 0 Å². The van der Waals surface area contributed by atoms with E-state index in [-0.39, 0.29) is 12.8 Å². The summed E-state index contributed by atoms with van der Waals surface area (Å²) in [5.74, 6) is -1.74. The molecular formula is C14H28O4. The molecule has 0 aromatic carbocycles. The van der Waals surface area contributed by atoms with E-state index in [1.807, 2.05) is 0 Å². The minimum Gasteiger partial charge on any atom is -0.481 e. The van der Waals surface area contributed by atoms with Crippen LogP contribution in [0.3, 0.4) is 0 Å². The average Bonchev–Trinajstić information content (AvgIpc) is 2.31. The second-order valence-corrected chi connectivity index (χ2v) is 4.41. The summed E-state index contributed by atoms with van der Waals surface area (Å²) < 4.78 is 0. The van der Waals surface area contributed by atoms with Crippen molar-refractivity contribution in [3.05, 3.63) is 0 Å². The second kappa shape index (κ2) is 15.9. The summed E-state index contributed by atoms with van der Waals surface area (Å²) in [5.41, 5.74) is 0. The molecule has 4 heteroatoms. The smallest absolute Gasteiger partial charge is 0.303 e. The predicted molar refractivity (Wildman–Crippen MR) is 72.8 cm³/mol. The van der Waals surface area contributed by atoms with E-state index in [1.54, 1.807) is 0 Å². The van der Waals surface area contributed by atoms with Gasteiger partial charge in [-0.25, -0.2) is 0 Å². The number of aliphatic carboxylic acids is 2. The van der Waals surface area contributed by atoms with Crippen molar-refractivity contribution in [3.8, 4) is 0 Å². The van der Waals surface area contributed by atoms with Gasteiger partial charge in [-0.15, -0.1) is 0 Å². The number of carboxylic acids is 2. The standard InChI is InChI=1S/C8H18.C6H10O4/c1-3-5-7-8-6-4-2;7-5(8)3-1-2-4-6(9)10/h3-8H2,1-2H3;1-4H2,(H,7,8)(H,9,10). The van der Waals surface area contributed by atoms with Gasteiger partial charge in [-0.1, -0.05) is 52.4 Å². The van der Waals surface area contributed by atoms with Gasteiger partial charge in [0.25, 0.3) is 0 Å². The van der Waals surface area contributed by atoms with Crippen LogP contribution in [0, 0.1) is 0 Å². The van der Waals surface area contributed by atoms with Gasteiger partial charge in [0.2, 0.25) is 0 Å². The molecular weight excluding hydrogens is 232 g/mol. The Morgan fingerprint density at radius 2 is 1.00 bits per heavy atom. The van der Waals surface area contributed by atoms with Crippen LogP contribution in [0.1, 0.15) is 78.1 Å². The topological polar surface area (TPSA) is 74.6 Å². The number of hydrogen-bond acceptors (Lipinski definition) is 2. The van der Waals surface area contributed by atoms with Gasteiger partial charge >= 0.3 is 11.9 Å². The van der Waals surface area contributed by atoms with Crippen molar-refractivity contribution >= 4 is 11.9 Å². The first-order valence-electron chi connectivity index (χ1n) is 6.98. The highest BCUT2D eigenvalue weighted by atomic mass is 16.4. The molecule has 0 heterocycles. The third kappa shape index (κ3) is 24.3. The fraction of sp³-hybridized carbons (Fsp3) is 0.857.